The maximum atomic E-state index is 13.9. The third kappa shape index (κ3) is 2.28. The molecule has 1 N–H and O–H groups in total. The van der Waals surface area contributed by atoms with E-state index in [1.165, 1.54) is 17.0 Å². The van der Waals surface area contributed by atoms with Crippen molar-refractivity contribution in [2.75, 3.05) is 24.5 Å². The van der Waals surface area contributed by atoms with E-state index in [0.717, 1.165) is 25.9 Å². The van der Waals surface area contributed by atoms with Crippen LogP contribution in [0.4, 0.5) is 14.9 Å². The molecule has 0 aliphatic carbocycles. The first kappa shape index (κ1) is 12.7. The van der Waals surface area contributed by atoms with Gasteiger partial charge >= 0.3 is 6.09 Å². The number of ether oxygens (including phenoxy) is 1. The summed E-state index contributed by atoms with van der Waals surface area (Å²) in [5.74, 6) is -0.504. The van der Waals surface area contributed by atoms with Crippen LogP contribution in [-0.4, -0.2) is 31.3 Å². The van der Waals surface area contributed by atoms with E-state index in [-0.39, 0.29) is 5.69 Å². The van der Waals surface area contributed by atoms with Crippen LogP contribution in [0.1, 0.15) is 12.8 Å². The Morgan fingerprint density at radius 2 is 2.11 bits per heavy atom. The molecule has 102 valence electrons. The summed E-state index contributed by atoms with van der Waals surface area (Å²) in [5, 5.41) is 3.53. The molecule has 2 saturated heterocycles. The Kier molecular flexibility index (Phi) is 3.11. The highest BCUT2D eigenvalue weighted by atomic mass is 35.5. The molecule has 0 bridgehead atoms. The zero-order valence-electron chi connectivity index (χ0n) is 10.3. The third-order valence-electron chi connectivity index (χ3n) is 3.69. The van der Waals surface area contributed by atoms with Gasteiger partial charge in [-0.15, -0.1) is 0 Å². The highest BCUT2D eigenvalue weighted by Gasteiger charge is 2.46. The highest BCUT2D eigenvalue weighted by molar-refractivity contribution is 6.30. The van der Waals surface area contributed by atoms with E-state index >= 15 is 0 Å². The van der Waals surface area contributed by atoms with Crippen molar-refractivity contribution in [1.29, 1.82) is 0 Å². The number of hydrogen-bond acceptors (Lipinski definition) is 3. The van der Waals surface area contributed by atoms with Gasteiger partial charge in [-0.25, -0.2) is 9.18 Å². The molecule has 4 nitrogen and oxygen atoms in total. The molecule has 1 spiro atoms. The standard InChI is InChI=1S/C13H14ClFN2O2/c14-9-1-2-11(10(15)7-9)17-8-13(19-12(17)18)3-5-16-6-4-13/h1-2,7,16H,3-6,8H2. The molecular weight excluding hydrogens is 271 g/mol. The molecule has 19 heavy (non-hydrogen) atoms. The Bertz CT molecular complexity index is 517. The summed E-state index contributed by atoms with van der Waals surface area (Å²) in [6, 6.07) is 4.29. The summed E-state index contributed by atoms with van der Waals surface area (Å²) in [4.78, 5) is 13.3. The number of carbonyl (C=O) groups is 1. The smallest absolute Gasteiger partial charge is 0.415 e. The fourth-order valence-electron chi connectivity index (χ4n) is 2.65. The van der Waals surface area contributed by atoms with Crippen molar-refractivity contribution in [3.63, 3.8) is 0 Å². The first-order chi connectivity index (χ1) is 9.10. The topological polar surface area (TPSA) is 41.6 Å². The maximum absolute atomic E-state index is 13.9. The van der Waals surface area contributed by atoms with Gasteiger partial charge in [0.25, 0.3) is 0 Å². The average molecular weight is 285 g/mol. The minimum absolute atomic E-state index is 0.227. The van der Waals surface area contributed by atoms with Gasteiger partial charge in [0.05, 0.1) is 12.2 Å². The second-order valence-corrected chi connectivity index (χ2v) is 5.42. The Morgan fingerprint density at radius 3 is 2.79 bits per heavy atom. The summed E-state index contributed by atoms with van der Waals surface area (Å²) >= 11 is 5.72. The molecule has 1 amide bonds. The lowest BCUT2D eigenvalue weighted by atomic mass is 9.92. The molecule has 1 aromatic carbocycles. The van der Waals surface area contributed by atoms with E-state index in [0.29, 0.717) is 11.6 Å². The fraction of sp³-hybridized carbons (Fsp3) is 0.462. The van der Waals surface area contributed by atoms with Crippen LogP contribution in [0.15, 0.2) is 18.2 Å². The van der Waals surface area contributed by atoms with E-state index in [4.69, 9.17) is 16.3 Å². The zero-order valence-corrected chi connectivity index (χ0v) is 11.0. The Hall–Kier alpha value is -1.33. The third-order valence-corrected chi connectivity index (χ3v) is 3.92. The molecule has 6 heteroatoms. The SMILES string of the molecule is O=C1OC2(CCNCC2)CN1c1ccc(Cl)cc1F. The molecular formula is C13H14ClFN2O2. The summed E-state index contributed by atoms with van der Waals surface area (Å²) in [7, 11) is 0. The summed E-state index contributed by atoms with van der Waals surface area (Å²) < 4.78 is 19.4. The molecule has 1 aromatic rings. The lowest BCUT2D eigenvalue weighted by Crippen LogP contribution is -2.44. The van der Waals surface area contributed by atoms with Crippen LogP contribution in [0.3, 0.4) is 0 Å². The molecule has 2 aliphatic heterocycles. The van der Waals surface area contributed by atoms with Gasteiger partial charge in [0.15, 0.2) is 0 Å². The molecule has 0 unspecified atom stereocenters. The normalized spacial score (nSPS) is 21.8. The lowest BCUT2D eigenvalue weighted by molar-refractivity contribution is 0.0316. The lowest BCUT2D eigenvalue weighted by Gasteiger charge is -2.31. The fourth-order valence-corrected chi connectivity index (χ4v) is 2.81. The zero-order chi connectivity index (χ0) is 13.5. The van der Waals surface area contributed by atoms with Gasteiger partial charge in [-0.2, -0.15) is 0 Å². The highest BCUT2D eigenvalue weighted by Crippen LogP contribution is 2.35. The van der Waals surface area contributed by atoms with E-state index in [1.54, 1.807) is 6.07 Å². The van der Waals surface area contributed by atoms with Gasteiger partial charge in [-0.3, -0.25) is 4.90 Å². The Balaban J connectivity index is 1.87. The molecule has 2 aliphatic rings. The van der Waals surface area contributed by atoms with Gasteiger partial charge in [0, 0.05) is 17.9 Å². The first-order valence-electron chi connectivity index (χ1n) is 6.26. The number of hydrogen-bond donors (Lipinski definition) is 1. The number of amides is 1. The average Bonchev–Trinajstić information content (AvgIpc) is 2.67. The summed E-state index contributed by atoms with van der Waals surface area (Å²) in [6.07, 6.45) is 1.03. The van der Waals surface area contributed by atoms with Crippen molar-refractivity contribution in [2.45, 2.75) is 18.4 Å². The van der Waals surface area contributed by atoms with Crippen molar-refractivity contribution >= 4 is 23.4 Å². The number of rotatable bonds is 1. The van der Waals surface area contributed by atoms with Gasteiger partial charge in [0.2, 0.25) is 0 Å². The first-order valence-corrected chi connectivity index (χ1v) is 6.64. The molecule has 0 radical (unpaired) electrons. The van der Waals surface area contributed by atoms with Crippen LogP contribution in [0, 0.1) is 5.82 Å². The van der Waals surface area contributed by atoms with E-state index in [1.807, 2.05) is 0 Å². The van der Waals surface area contributed by atoms with Crippen LogP contribution in [0.25, 0.3) is 0 Å². The number of carbonyl (C=O) groups excluding carboxylic acids is 1. The van der Waals surface area contributed by atoms with Gasteiger partial charge in [0.1, 0.15) is 11.4 Å². The summed E-state index contributed by atoms with van der Waals surface area (Å²) in [6.45, 7) is 2.01. The minimum Gasteiger partial charge on any atom is -0.441 e. The van der Waals surface area contributed by atoms with Crippen molar-refractivity contribution in [3.05, 3.63) is 29.0 Å². The van der Waals surface area contributed by atoms with Crippen molar-refractivity contribution < 1.29 is 13.9 Å². The number of benzene rings is 1. The monoisotopic (exact) mass is 284 g/mol. The predicted octanol–water partition coefficient (Wildman–Crippen LogP) is 2.56. The van der Waals surface area contributed by atoms with E-state index < -0.39 is 17.5 Å². The van der Waals surface area contributed by atoms with Crippen LogP contribution in [0.5, 0.6) is 0 Å². The summed E-state index contributed by atoms with van der Waals surface area (Å²) in [5.41, 5.74) is -0.251. The molecule has 0 saturated carbocycles. The second-order valence-electron chi connectivity index (χ2n) is 4.98. The maximum Gasteiger partial charge on any atom is 0.415 e. The number of nitrogens with zero attached hydrogens (tertiary/aromatic N) is 1. The number of halogens is 2. The van der Waals surface area contributed by atoms with Gasteiger partial charge in [-0.1, -0.05) is 11.6 Å². The molecule has 2 fully saturated rings. The molecule has 3 rings (SSSR count). The van der Waals surface area contributed by atoms with Crippen molar-refractivity contribution in [1.82, 2.24) is 5.32 Å². The quantitative estimate of drug-likeness (QED) is 0.862. The second kappa shape index (κ2) is 4.65. The number of anilines is 1. The van der Waals surface area contributed by atoms with Gasteiger partial charge in [-0.05, 0) is 31.3 Å². The molecule has 0 atom stereocenters. The predicted molar refractivity (Wildman–Crippen MR) is 70.1 cm³/mol. The van der Waals surface area contributed by atoms with Crippen molar-refractivity contribution in [3.8, 4) is 0 Å². The van der Waals surface area contributed by atoms with Crippen LogP contribution < -0.4 is 10.2 Å². The number of nitrogens with one attached hydrogen (secondary N) is 1. The van der Waals surface area contributed by atoms with Crippen LogP contribution in [-0.2, 0) is 4.74 Å². The van der Waals surface area contributed by atoms with Crippen LogP contribution in [0.2, 0.25) is 5.02 Å². The van der Waals surface area contributed by atoms with Crippen molar-refractivity contribution in [2.24, 2.45) is 0 Å². The van der Waals surface area contributed by atoms with Gasteiger partial charge < -0.3 is 10.1 Å². The Morgan fingerprint density at radius 1 is 1.37 bits per heavy atom. The number of piperidine rings is 1. The van der Waals surface area contributed by atoms with E-state index in [2.05, 4.69) is 5.32 Å². The minimum atomic E-state index is -0.504. The molecule has 2 heterocycles. The van der Waals surface area contributed by atoms with Crippen LogP contribution >= 0.6 is 11.6 Å². The van der Waals surface area contributed by atoms with E-state index in [9.17, 15) is 9.18 Å². The largest absolute Gasteiger partial charge is 0.441 e. The Labute approximate surface area is 115 Å². The molecule has 0 aromatic heterocycles.